The second-order valence-corrected chi connectivity index (χ2v) is 5.60. The van der Waals surface area contributed by atoms with Gasteiger partial charge in [0.1, 0.15) is 0 Å². The summed E-state index contributed by atoms with van der Waals surface area (Å²) in [6.07, 6.45) is 2.65. The highest BCUT2D eigenvalue weighted by Crippen LogP contribution is 2.15. The Morgan fingerprint density at radius 2 is 1.61 bits per heavy atom. The monoisotopic (exact) mass is 255 g/mol. The maximum Gasteiger partial charge on any atom is 0.0221 e. The van der Waals surface area contributed by atoms with E-state index < -0.39 is 0 Å². The fraction of sp³-hybridized carbons (Fsp3) is 1.00. The smallest absolute Gasteiger partial charge is 0.0221 e. The summed E-state index contributed by atoms with van der Waals surface area (Å²) in [4.78, 5) is 5.13. The fourth-order valence-corrected chi connectivity index (χ4v) is 2.86. The van der Waals surface area contributed by atoms with Crippen molar-refractivity contribution in [1.82, 2.24) is 15.1 Å². The maximum atomic E-state index is 3.64. The normalized spacial score (nSPS) is 24.3. The topological polar surface area (TPSA) is 18.5 Å². The third-order valence-electron chi connectivity index (χ3n) is 4.44. The van der Waals surface area contributed by atoms with E-state index in [0.29, 0.717) is 0 Å². The second-order valence-electron chi connectivity index (χ2n) is 5.60. The minimum atomic E-state index is 0.721. The molecular formula is C15H33N3. The van der Waals surface area contributed by atoms with Gasteiger partial charge in [-0.25, -0.2) is 0 Å². The average Bonchev–Trinajstić information content (AvgIpc) is 2.79. The molecule has 3 heteroatoms. The van der Waals surface area contributed by atoms with Gasteiger partial charge in [0, 0.05) is 12.6 Å². The Bertz CT molecular complexity index is 204. The molecule has 0 aromatic carbocycles. The van der Waals surface area contributed by atoms with E-state index in [2.05, 4.69) is 42.8 Å². The van der Waals surface area contributed by atoms with Crippen LogP contribution in [0.4, 0.5) is 0 Å². The van der Waals surface area contributed by atoms with Crippen LogP contribution in [0.15, 0.2) is 0 Å². The Morgan fingerprint density at radius 3 is 2.11 bits per heavy atom. The van der Waals surface area contributed by atoms with Crippen LogP contribution in [0.1, 0.15) is 40.5 Å². The lowest BCUT2D eigenvalue weighted by Gasteiger charge is -2.27. The second kappa shape index (κ2) is 8.89. The van der Waals surface area contributed by atoms with Gasteiger partial charge in [-0.3, -0.25) is 0 Å². The van der Waals surface area contributed by atoms with Crippen LogP contribution in [0.25, 0.3) is 0 Å². The van der Waals surface area contributed by atoms with Crippen molar-refractivity contribution >= 4 is 0 Å². The van der Waals surface area contributed by atoms with Crippen LogP contribution in [-0.4, -0.2) is 61.7 Å². The molecule has 18 heavy (non-hydrogen) atoms. The zero-order chi connectivity index (χ0) is 13.4. The van der Waals surface area contributed by atoms with Crippen LogP contribution in [0.3, 0.4) is 0 Å². The minimum absolute atomic E-state index is 0.721. The van der Waals surface area contributed by atoms with Gasteiger partial charge in [-0.05, 0) is 58.0 Å². The van der Waals surface area contributed by atoms with E-state index >= 15 is 0 Å². The Labute approximate surface area is 114 Å². The van der Waals surface area contributed by atoms with Crippen molar-refractivity contribution in [2.45, 2.75) is 46.6 Å². The molecule has 0 bridgehead atoms. The first-order valence-corrected chi connectivity index (χ1v) is 7.89. The number of rotatable bonds is 9. The molecule has 0 spiro atoms. The van der Waals surface area contributed by atoms with Gasteiger partial charge in [-0.2, -0.15) is 0 Å². The van der Waals surface area contributed by atoms with Crippen LogP contribution in [0, 0.1) is 5.92 Å². The lowest BCUT2D eigenvalue weighted by atomic mass is 10.0. The summed E-state index contributed by atoms with van der Waals surface area (Å²) in [7, 11) is 0. The Hall–Kier alpha value is -0.120. The molecule has 3 nitrogen and oxygen atoms in total. The van der Waals surface area contributed by atoms with Crippen LogP contribution >= 0.6 is 0 Å². The molecule has 0 radical (unpaired) electrons. The summed E-state index contributed by atoms with van der Waals surface area (Å²) in [5.74, 6) is 0.849. The van der Waals surface area contributed by atoms with Gasteiger partial charge in [0.05, 0.1) is 0 Å². The number of nitrogens with zero attached hydrogens (tertiary/aromatic N) is 2. The van der Waals surface area contributed by atoms with Crippen molar-refractivity contribution in [2.24, 2.45) is 5.92 Å². The summed E-state index contributed by atoms with van der Waals surface area (Å²) >= 11 is 0. The van der Waals surface area contributed by atoms with E-state index in [1.54, 1.807) is 0 Å². The lowest BCUT2D eigenvalue weighted by molar-refractivity contribution is 0.219. The minimum Gasteiger partial charge on any atom is -0.312 e. The first-order chi connectivity index (χ1) is 8.71. The molecule has 0 aromatic rings. The molecule has 0 aromatic heterocycles. The van der Waals surface area contributed by atoms with Crippen molar-refractivity contribution in [3.05, 3.63) is 0 Å². The molecule has 1 aliphatic rings. The molecule has 0 aliphatic carbocycles. The Morgan fingerprint density at radius 1 is 1.00 bits per heavy atom. The SMILES string of the molecule is CCN(CC)CCCN(CC)CC1NCCC1C. The molecule has 108 valence electrons. The van der Waals surface area contributed by atoms with Gasteiger partial charge in [0.25, 0.3) is 0 Å². The zero-order valence-electron chi connectivity index (χ0n) is 12.9. The summed E-state index contributed by atoms with van der Waals surface area (Å²) in [5, 5.41) is 3.64. The molecule has 2 atom stereocenters. The van der Waals surface area contributed by atoms with Crippen LogP contribution in [0.2, 0.25) is 0 Å². The molecule has 1 N–H and O–H groups in total. The van der Waals surface area contributed by atoms with Gasteiger partial charge < -0.3 is 15.1 Å². The highest BCUT2D eigenvalue weighted by Gasteiger charge is 2.24. The first kappa shape index (κ1) is 15.9. The zero-order valence-corrected chi connectivity index (χ0v) is 12.9. The predicted octanol–water partition coefficient (Wildman–Crippen LogP) is 2.04. The van der Waals surface area contributed by atoms with Crippen LogP contribution < -0.4 is 5.32 Å². The number of hydrogen-bond acceptors (Lipinski definition) is 3. The van der Waals surface area contributed by atoms with Gasteiger partial charge in [-0.1, -0.05) is 27.7 Å². The molecule has 0 saturated carbocycles. The maximum absolute atomic E-state index is 3.64. The lowest BCUT2D eigenvalue weighted by Crippen LogP contribution is -2.41. The number of hydrogen-bond donors (Lipinski definition) is 1. The molecule has 1 aliphatic heterocycles. The van der Waals surface area contributed by atoms with Crippen molar-refractivity contribution in [3.8, 4) is 0 Å². The number of likely N-dealkylation sites (N-methyl/N-ethyl adjacent to an activating group) is 1. The first-order valence-electron chi connectivity index (χ1n) is 7.89. The quantitative estimate of drug-likeness (QED) is 0.680. The van der Waals surface area contributed by atoms with Crippen molar-refractivity contribution in [2.75, 3.05) is 45.8 Å². The van der Waals surface area contributed by atoms with Crippen molar-refractivity contribution < 1.29 is 0 Å². The molecule has 2 unspecified atom stereocenters. The Balaban J connectivity index is 2.20. The van der Waals surface area contributed by atoms with E-state index in [0.717, 1.165) is 12.0 Å². The van der Waals surface area contributed by atoms with E-state index in [9.17, 15) is 0 Å². The summed E-state index contributed by atoms with van der Waals surface area (Å²) < 4.78 is 0. The summed E-state index contributed by atoms with van der Waals surface area (Å²) in [6, 6.07) is 0.721. The molecular weight excluding hydrogens is 222 g/mol. The van der Waals surface area contributed by atoms with Crippen molar-refractivity contribution in [1.29, 1.82) is 0 Å². The third kappa shape index (κ3) is 5.25. The average molecular weight is 255 g/mol. The third-order valence-corrected chi connectivity index (χ3v) is 4.44. The Kier molecular flexibility index (Phi) is 7.87. The standard InChI is InChI=1S/C15H33N3/c1-5-17(6-2)11-8-12-18(7-3)13-15-14(4)9-10-16-15/h14-16H,5-13H2,1-4H3. The van der Waals surface area contributed by atoms with E-state index in [1.807, 2.05) is 0 Å². The van der Waals surface area contributed by atoms with Crippen LogP contribution in [-0.2, 0) is 0 Å². The van der Waals surface area contributed by atoms with E-state index in [4.69, 9.17) is 0 Å². The molecule has 1 saturated heterocycles. The highest BCUT2D eigenvalue weighted by molar-refractivity contribution is 4.83. The number of nitrogens with one attached hydrogen (secondary N) is 1. The van der Waals surface area contributed by atoms with Gasteiger partial charge in [0.2, 0.25) is 0 Å². The highest BCUT2D eigenvalue weighted by atomic mass is 15.2. The van der Waals surface area contributed by atoms with Crippen molar-refractivity contribution in [3.63, 3.8) is 0 Å². The van der Waals surface area contributed by atoms with Gasteiger partial charge in [-0.15, -0.1) is 0 Å². The summed E-state index contributed by atoms with van der Waals surface area (Å²) in [5.41, 5.74) is 0. The van der Waals surface area contributed by atoms with E-state index in [-0.39, 0.29) is 0 Å². The van der Waals surface area contributed by atoms with Gasteiger partial charge in [0.15, 0.2) is 0 Å². The largest absolute Gasteiger partial charge is 0.312 e. The fourth-order valence-electron chi connectivity index (χ4n) is 2.86. The molecule has 1 rings (SSSR count). The summed E-state index contributed by atoms with van der Waals surface area (Å²) in [6.45, 7) is 17.7. The van der Waals surface area contributed by atoms with Gasteiger partial charge >= 0.3 is 0 Å². The molecule has 0 amide bonds. The molecule has 1 heterocycles. The van der Waals surface area contributed by atoms with Crippen LogP contribution in [0.5, 0.6) is 0 Å². The molecule has 1 fully saturated rings. The van der Waals surface area contributed by atoms with E-state index in [1.165, 1.54) is 58.7 Å². The predicted molar refractivity (Wildman–Crippen MR) is 80.1 cm³/mol.